The van der Waals surface area contributed by atoms with Gasteiger partial charge in [-0.25, -0.2) is 9.50 Å². The standard InChI is InChI=1S/C15H18N6O2/c1-10-17-15(23-19-10)11-3-6-20(7-4-11)9-12-8-14(22)21-13(18-12)2-5-16-21/h2,5,8,11,16H,3-4,6-7,9H2,1H3. The van der Waals surface area contributed by atoms with Gasteiger partial charge in [0.25, 0.3) is 5.56 Å². The van der Waals surface area contributed by atoms with Crippen LogP contribution in [0, 0.1) is 6.92 Å². The average molecular weight is 314 g/mol. The zero-order valence-corrected chi connectivity index (χ0v) is 12.9. The predicted molar refractivity (Wildman–Crippen MR) is 82.1 cm³/mol. The third-order valence-corrected chi connectivity index (χ3v) is 4.30. The molecule has 1 N–H and O–H groups in total. The summed E-state index contributed by atoms with van der Waals surface area (Å²) in [5, 5.41) is 6.71. The second-order valence-corrected chi connectivity index (χ2v) is 5.97. The number of hydrogen-bond acceptors (Lipinski definition) is 6. The summed E-state index contributed by atoms with van der Waals surface area (Å²) in [6.07, 6.45) is 3.67. The molecule has 0 aliphatic carbocycles. The lowest BCUT2D eigenvalue weighted by Crippen LogP contribution is -2.33. The molecule has 0 spiro atoms. The number of H-pyrrole nitrogens is 1. The highest BCUT2D eigenvalue weighted by atomic mass is 16.5. The lowest BCUT2D eigenvalue weighted by atomic mass is 9.96. The number of rotatable bonds is 3. The lowest BCUT2D eigenvalue weighted by molar-refractivity contribution is 0.186. The van der Waals surface area contributed by atoms with Crippen molar-refractivity contribution in [3.8, 4) is 0 Å². The van der Waals surface area contributed by atoms with Crippen molar-refractivity contribution < 1.29 is 4.52 Å². The Morgan fingerprint density at radius 1 is 1.35 bits per heavy atom. The van der Waals surface area contributed by atoms with Gasteiger partial charge in [0, 0.05) is 30.8 Å². The van der Waals surface area contributed by atoms with Crippen LogP contribution in [-0.2, 0) is 6.54 Å². The van der Waals surface area contributed by atoms with Crippen LogP contribution in [0.5, 0.6) is 0 Å². The molecular weight excluding hydrogens is 296 g/mol. The topological polar surface area (TPSA) is 92.3 Å². The van der Waals surface area contributed by atoms with Gasteiger partial charge in [-0.15, -0.1) is 0 Å². The van der Waals surface area contributed by atoms with Crippen LogP contribution in [-0.4, -0.2) is 42.7 Å². The zero-order valence-electron chi connectivity index (χ0n) is 12.9. The fourth-order valence-electron chi connectivity index (χ4n) is 3.10. The molecule has 0 unspecified atom stereocenters. The highest BCUT2D eigenvalue weighted by Gasteiger charge is 2.25. The van der Waals surface area contributed by atoms with E-state index in [4.69, 9.17) is 4.52 Å². The zero-order chi connectivity index (χ0) is 15.8. The predicted octanol–water partition coefficient (Wildman–Crippen LogP) is 1.09. The summed E-state index contributed by atoms with van der Waals surface area (Å²) >= 11 is 0. The monoisotopic (exact) mass is 314 g/mol. The first kappa shape index (κ1) is 14.1. The third kappa shape index (κ3) is 2.77. The van der Waals surface area contributed by atoms with E-state index >= 15 is 0 Å². The quantitative estimate of drug-likeness (QED) is 0.778. The lowest BCUT2D eigenvalue weighted by Gasteiger charge is -2.29. The number of likely N-dealkylation sites (tertiary alicyclic amines) is 1. The number of nitrogens with one attached hydrogen (secondary N) is 1. The van der Waals surface area contributed by atoms with Crippen LogP contribution in [0.2, 0.25) is 0 Å². The second-order valence-electron chi connectivity index (χ2n) is 5.97. The Kier molecular flexibility index (Phi) is 3.45. The van der Waals surface area contributed by atoms with E-state index in [0.29, 0.717) is 23.9 Å². The van der Waals surface area contributed by atoms with E-state index in [-0.39, 0.29) is 5.56 Å². The molecule has 3 aromatic rings. The van der Waals surface area contributed by atoms with Gasteiger partial charge in [-0.05, 0) is 32.9 Å². The van der Waals surface area contributed by atoms with Gasteiger partial charge in [0.1, 0.15) is 0 Å². The molecule has 8 nitrogen and oxygen atoms in total. The first-order valence-corrected chi connectivity index (χ1v) is 7.78. The van der Waals surface area contributed by atoms with Crippen molar-refractivity contribution in [1.29, 1.82) is 0 Å². The molecule has 4 rings (SSSR count). The summed E-state index contributed by atoms with van der Waals surface area (Å²) < 4.78 is 6.71. The van der Waals surface area contributed by atoms with Gasteiger partial charge in [0.05, 0.1) is 5.69 Å². The summed E-state index contributed by atoms with van der Waals surface area (Å²) in [6, 6.07) is 3.39. The molecule has 1 aliphatic rings. The van der Waals surface area contributed by atoms with Crippen LogP contribution in [0.3, 0.4) is 0 Å². The Morgan fingerprint density at radius 3 is 2.91 bits per heavy atom. The van der Waals surface area contributed by atoms with Crippen molar-refractivity contribution in [2.45, 2.75) is 32.2 Å². The normalized spacial score (nSPS) is 17.1. The van der Waals surface area contributed by atoms with Crippen LogP contribution >= 0.6 is 0 Å². The van der Waals surface area contributed by atoms with Crippen molar-refractivity contribution in [1.82, 2.24) is 29.6 Å². The van der Waals surface area contributed by atoms with Gasteiger partial charge in [0.2, 0.25) is 5.89 Å². The molecule has 0 amide bonds. The molecule has 1 saturated heterocycles. The highest BCUT2D eigenvalue weighted by molar-refractivity contribution is 5.36. The summed E-state index contributed by atoms with van der Waals surface area (Å²) in [4.78, 5) is 23.1. The summed E-state index contributed by atoms with van der Waals surface area (Å²) in [7, 11) is 0. The number of hydrogen-bond donors (Lipinski definition) is 1. The van der Waals surface area contributed by atoms with Crippen LogP contribution in [0.25, 0.3) is 5.65 Å². The third-order valence-electron chi connectivity index (χ3n) is 4.30. The van der Waals surface area contributed by atoms with Crippen LogP contribution in [0.1, 0.15) is 36.2 Å². The molecule has 1 fully saturated rings. The van der Waals surface area contributed by atoms with Crippen LogP contribution in [0.15, 0.2) is 27.6 Å². The highest BCUT2D eigenvalue weighted by Crippen LogP contribution is 2.27. The maximum atomic E-state index is 12.0. The van der Waals surface area contributed by atoms with Crippen molar-refractivity contribution >= 4 is 5.65 Å². The van der Waals surface area contributed by atoms with Crippen molar-refractivity contribution in [3.63, 3.8) is 0 Å². The van der Waals surface area contributed by atoms with Gasteiger partial charge in [-0.2, -0.15) is 4.98 Å². The van der Waals surface area contributed by atoms with E-state index in [2.05, 4.69) is 25.1 Å². The number of nitrogens with zero attached hydrogens (tertiary/aromatic N) is 5. The Bertz CT molecular complexity index is 871. The van der Waals surface area contributed by atoms with E-state index in [1.807, 2.05) is 6.92 Å². The van der Waals surface area contributed by atoms with Gasteiger partial charge in [0.15, 0.2) is 11.5 Å². The minimum absolute atomic E-state index is 0.0776. The van der Waals surface area contributed by atoms with Crippen LogP contribution in [0.4, 0.5) is 0 Å². The second kappa shape index (κ2) is 5.62. The molecule has 8 heteroatoms. The Hall–Kier alpha value is -2.48. The maximum Gasteiger partial charge on any atom is 0.272 e. The van der Waals surface area contributed by atoms with Crippen LogP contribution < -0.4 is 5.56 Å². The first-order valence-electron chi connectivity index (χ1n) is 7.78. The molecule has 0 bridgehead atoms. The average Bonchev–Trinajstić information content (AvgIpc) is 3.17. The van der Waals surface area contributed by atoms with Gasteiger partial charge < -0.3 is 4.52 Å². The Morgan fingerprint density at radius 2 is 2.17 bits per heavy atom. The van der Waals surface area contributed by atoms with Crippen molar-refractivity contribution in [2.24, 2.45) is 0 Å². The molecule has 120 valence electrons. The Labute approximate surface area is 132 Å². The largest absolute Gasteiger partial charge is 0.339 e. The SMILES string of the molecule is Cc1noc(C2CCN(Cc3cc(=O)n4[nH]ccc4n3)CC2)n1. The molecule has 23 heavy (non-hydrogen) atoms. The van der Waals surface area contributed by atoms with E-state index in [1.54, 1.807) is 18.3 Å². The van der Waals surface area contributed by atoms with E-state index < -0.39 is 0 Å². The van der Waals surface area contributed by atoms with Gasteiger partial charge in [-0.1, -0.05) is 5.16 Å². The Balaban J connectivity index is 1.43. The molecule has 3 aromatic heterocycles. The van der Waals surface area contributed by atoms with E-state index in [1.165, 1.54) is 4.52 Å². The summed E-state index contributed by atoms with van der Waals surface area (Å²) in [6.45, 7) is 4.39. The minimum Gasteiger partial charge on any atom is -0.339 e. The number of aromatic amines is 1. The number of piperidine rings is 1. The molecule has 4 heterocycles. The smallest absolute Gasteiger partial charge is 0.272 e. The molecule has 0 atom stereocenters. The van der Waals surface area contributed by atoms with Crippen molar-refractivity contribution in [3.05, 3.63) is 46.1 Å². The summed E-state index contributed by atoms with van der Waals surface area (Å²) in [5.74, 6) is 1.76. The molecule has 0 radical (unpaired) electrons. The fourth-order valence-corrected chi connectivity index (χ4v) is 3.10. The number of aromatic nitrogens is 5. The molecule has 0 aromatic carbocycles. The van der Waals surface area contributed by atoms with E-state index in [9.17, 15) is 4.79 Å². The van der Waals surface area contributed by atoms with Gasteiger partial charge >= 0.3 is 0 Å². The van der Waals surface area contributed by atoms with E-state index in [0.717, 1.165) is 37.5 Å². The van der Waals surface area contributed by atoms with Gasteiger partial charge in [-0.3, -0.25) is 14.8 Å². The fraction of sp³-hybridized carbons (Fsp3) is 0.467. The minimum atomic E-state index is -0.0776. The molecule has 1 aliphatic heterocycles. The molecule has 0 saturated carbocycles. The number of aryl methyl sites for hydroxylation is 1. The maximum absolute atomic E-state index is 12.0. The summed E-state index contributed by atoms with van der Waals surface area (Å²) in [5.41, 5.74) is 1.39. The number of fused-ring (bicyclic) bond motifs is 1. The first-order chi connectivity index (χ1) is 11.2. The van der Waals surface area contributed by atoms with Crippen molar-refractivity contribution in [2.75, 3.05) is 13.1 Å². The molecular formula is C15H18N6O2.